The summed E-state index contributed by atoms with van der Waals surface area (Å²) in [5, 5.41) is 9.26. The Hall–Kier alpha value is -2.43. The van der Waals surface area contributed by atoms with Gasteiger partial charge in [0.25, 0.3) is 0 Å². The van der Waals surface area contributed by atoms with E-state index in [1.54, 1.807) is 6.92 Å². The van der Waals surface area contributed by atoms with Crippen LogP contribution in [0.4, 0.5) is 0 Å². The van der Waals surface area contributed by atoms with Crippen molar-refractivity contribution in [3.05, 3.63) is 52.3 Å². The average molecular weight is 328 g/mol. The second-order valence-electron chi connectivity index (χ2n) is 6.88. The van der Waals surface area contributed by atoms with Gasteiger partial charge in [-0.1, -0.05) is 45.0 Å². The molecule has 0 amide bonds. The molecule has 0 saturated heterocycles. The Morgan fingerprint density at radius 3 is 2.25 bits per heavy atom. The maximum absolute atomic E-state index is 11.3. The molecule has 1 N–H and O–H groups in total. The first-order valence-electron chi connectivity index (χ1n) is 7.96. The van der Waals surface area contributed by atoms with Crippen molar-refractivity contribution in [1.82, 2.24) is 9.97 Å². The molecule has 1 aromatic carbocycles. The number of aromatic nitrogens is 2. The first-order chi connectivity index (χ1) is 11.2. The highest BCUT2D eigenvalue weighted by molar-refractivity contribution is 5.87. The minimum Gasteiger partial charge on any atom is -0.476 e. The summed E-state index contributed by atoms with van der Waals surface area (Å²) in [7, 11) is 1.44. The van der Waals surface area contributed by atoms with Gasteiger partial charge in [-0.05, 0) is 36.3 Å². The van der Waals surface area contributed by atoms with Gasteiger partial charge >= 0.3 is 12.0 Å². The fraction of sp³-hybridized carbons (Fsp3) is 0.421. The number of benzene rings is 1. The number of aromatic carboxylic acids is 1. The van der Waals surface area contributed by atoms with E-state index in [1.807, 2.05) is 0 Å². The molecule has 24 heavy (non-hydrogen) atoms. The van der Waals surface area contributed by atoms with E-state index >= 15 is 0 Å². The van der Waals surface area contributed by atoms with Gasteiger partial charge in [-0.25, -0.2) is 4.79 Å². The largest absolute Gasteiger partial charge is 0.476 e. The van der Waals surface area contributed by atoms with E-state index in [9.17, 15) is 9.90 Å². The molecule has 0 saturated carbocycles. The SMILES string of the molecule is COc1nc(CCc2ccc(C(C)(C)C)cc2)c(C)c(C(=O)O)n1. The molecule has 0 aliphatic rings. The zero-order valence-electron chi connectivity index (χ0n) is 14.9. The summed E-state index contributed by atoms with van der Waals surface area (Å²) in [4.78, 5) is 19.5. The van der Waals surface area contributed by atoms with Gasteiger partial charge in [-0.2, -0.15) is 9.97 Å². The van der Waals surface area contributed by atoms with Crippen LogP contribution in [0.2, 0.25) is 0 Å². The molecular formula is C19H24N2O3. The molecule has 5 heteroatoms. The van der Waals surface area contributed by atoms with Crippen molar-refractivity contribution >= 4 is 5.97 Å². The third kappa shape index (κ3) is 4.10. The third-order valence-corrected chi connectivity index (χ3v) is 4.08. The van der Waals surface area contributed by atoms with Crippen LogP contribution in [0.1, 0.15) is 53.6 Å². The summed E-state index contributed by atoms with van der Waals surface area (Å²) in [5.74, 6) is -1.07. The summed E-state index contributed by atoms with van der Waals surface area (Å²) in [5.41, 5.74) is 3.91. The van der Waals surface area contributed by atoms with Gasteiger partial charge in [0.05, 0.1) is 12.8 Å². The highest BCUT2D eigenvalue weighted by atomic mass is 16.5. The minimum atomic E-state index is -1.07. The number of hydrogen-bond donors (Lipinski definition) is 1. The molecule has 5 nitrogen and oxygen atoms in total. The van der Waals surface area contributed by atoms with Crippen LogP contribution in [-0.2, 0) is 18.3 Å². The molecular weight excluding hydrogens is 304 g/mol. The van der Waals surface area contributed by atoms with Crippen molar-refractivity contribution in [2.75, 3.05) is 7.11 Å². The van der Waals surface area contributed by atoms with Gasteiger partial charge in [-0.15, -0.1) is 0 Å². The van der Waals surface area contributed by atoms with E-state index in [2.05, 4.69) is 55.0 Å². The summed E-state index contributed by atoms with van der Waals surface area (Å²) in [6.45, 7) is 8.30. The monoisotopic (exact) mass is 328 g/mol. The fourth-order valence-electron chi connectivity index (χ4n) is 2.52. The van der Waals surface area contributed by atoms with Crippen LogP contribution in [0.3, 0.4) is 0 Å². The molecule has 1 heterocycles. The van der Waals surface area contributed by atoms with Crippen LogP contribution in [0.25, 0.3) is 0 Å². The van der Waals surface area contributed by atoms with E-state index in [0.717, 1.165) is 6.42 Å². The number of nitrogens with zero attached hydrogens (tertiary/aromatic N) is 2. The Morgan fingerprint density at radius 1 is 1.12 bits per heavy atom. The Labute approximate surface area is 142 Å². The number of carboxylic acid groups (broad SMARTS) is 1. The lowest BCUT2D eigenvalue weighted by Crippen LogP contribution is -2.12. The standard InChI is InChI=1S/C19H24N2O3/c1-12-15(20-18(24-5)21-16(12)17(22)23)11-8-13-6-9-14(10-7-13)19(2,3)4/h6-7,9-10H,8,11H2,1-5H3,(H,22,23). The second kappa shape index (κ2) is 6.99. The van der Waals surface area contributed by atoms with Crippen molar-refractivity contribution < 1.29 is 14.6 Å². The Kier molecular flexibility index (Phi) is 5.22. The van der Waals surface area contributed by atoms with Gasteiger partial charge in [0.1, 0.15) is 0 Å². The van der Waals surface area contributed by atoms with E-state index < -0.39 is 5.97 Å². The fourth-order valence-corrected chi connectivity index (χ4v) is 2.52. The third-order valence-electron chi connectivity index (χ3n) is 4.08. The predicted octanol–water partition coefficient (Wildman–Crippen LogP) is 3.57. The normalized spacial score (nSPS) is 11.4. The van der Waals surface area contributed by atoms with Crippen molar-refractivity contribution in [2.24, 2.45) is 0 Å². The van der Waals surface area contributed by atoms with Crippen LogP contribution >= 0.6 is 0 Å². The number of methoxy groups -OCH3 is 1. The van der Waals surface area contributed by atoms with Crippen molar-refractivity contribution in [1.29, 1.82) is 0 Å². The van der Waals surface area contributed by atoms with Crippen molar-refractivity contribution in [3.8, 4) is 6.01 Å². The van der Waals surface area contributed by atoms with Crippen LogP contribution in [0.15, 0.2) is 24.3 Å². The topological polar surface area (TPSA) is 72.3 Å². The lowest BCUT2D eigenvalue weighted by Gasteiger charge is -2.19. The smallest absolute Gasteiger partial charge is 0.355 e. The average Bonchev–Trinajstić information content (AvgIpc) is 2.53. The molecule has 0 spiro atoms. The van der Waals surface area contributed by atoms with Crippen molar-refractivity contribution in [3.63, 3.8) is 0 Å². The molecule has 0 aliphatic heterocycles. The summed E-state index contributed by atoms with van der Waals surface area (Å²) in [6.07, 6.45) is 1.42. The molecule has 0 fully saturated rings. The maximum atomic E-state index is 11.3. The molecule has 0 atom stereocenters. The number of aryl methyl sites for hydroxylation is 2. The quantitative estimate of drug-likeness (QED) is 0.908. The first-order valence-corrected chi connectivity index (χ1v) is 7.96. The number of carboxylic acids is 1. The van der Waals surface area contributed by atoms with E-state index in [4.69, 9.17) is 4.74 Å². The zero-order chi connectivity index (χ0) is 17.9. The second-order valence-corrected chi connectivity index (χ2v) is 6.88. The minimum absolute atomic E-state index is 0.0000643. The molecule has 2 rings (SSSR count). The number of rotatable bonds is 5. The maximum Gasteiger partial charge on any atom is 0.355 e. The van der Waals surface area contributed by atoms with Gasteiger partial charge < -0.3 is 9.84 Å². The molecule has 0 aliphatic carbocycles. The molecule has 128 valence electrons. The Morgan fingerprint density at radius 2 is 1.75 bits per heavy atom. The van der Waals surface area contributed by atoms with Crippen LogP contribution in [-0.4, -0.2) is 28.2 Å². The molecule has 0 unspecified atom stereocenters. The number of ether oxygens (including phenoxy) is 1. The predicted molar refractivity (Wildman–Crippen MR) is 92.8 cm³/mol. The summed E-state index contributed by atoms with van der Waals surface area (Å²) < 4.78 is 5.02. The van der Waals surface area contributed by atoms with Gasteiger partial charge in [0.2, 0.25) is 0 Å². The van der Waals surface area contributed by atoms with Gasteiger partial charge in [0.15, 0.2) is 5.69 Å². The first kappa shape index (κ1) is 17.9. The molecule has 0 radical (unpaired) electrons. The Balaban J connectivity index is 2.20. The van der Waals surface area contributed by atoms with Crippen LogP contribution in [0, 0.1) is 6.92 Å². The summed E-state index contributed by atoms with van der Waals surface area (Å²) in [6, 6.07) is 8.62. The van der Waals surface area contributed by atoms with E-state index in [1.165, 1.54) is 18.2 Å². The highest BCUT2D eigenvalue weighted by Crippen LogP contribution is 2.23. The molecule has 1 aromatic heterocycles. The molecule has 2 aromatic rings. The number of carbonyl (C=O) groups is 1. The van der Waals surface area contributed by atoms with E-state index in [0.29, 0.717) is 17.7 Å². The van der Waals surface area contributed by atoms with Crippen LogP contribution < -0.4 is 4.74 Å². The number of hydrogen-bond acceptors (Lipinski definition) is 4. The zero-order valence-corrected chi connectivity index (χ0v) is 14.9. The molecule has 0 bridgehead atoms. The summed E-state index contributed by atoms with van der Waals surface area (Å²) >= 11 is 0. The highest BCUT2D eigenvalue weighted by Gasteiger charge is 2.17. The van der Waals surface area contributed by atoms with E-state index in [-0.39, 0.29) is 17.1 Å². The van der Waals surface area contributed by atoms with Crippen LogP contribution in [0.5, 0.6) is 6.01 Å². The lowest BCUT2D eigenvalue weighted by molar-refractivity contribution is 0.0688. The Bertz CT molecular complexity index is 732. The van der Waals surface area contributed by atoms with Crippen molar-refractivity contribution in [2.45, 2.75) is 46.0 Å². The van der Waals surface area contributed by atoms with Gasteiger partial charge in [0, 0.05) is 5.56 Å². The lowest BCUT2D eigenvalue weighted by atomic mass is 9.86. The van der Waals surface area contributed by atoms with Gasteiger partial charge in [-0.3, -0.25) is 0 Å².